The van der Waals surface area contributed by atoms with Gasteiger partial charge in [-0.3, -0.25) is 14.9 Å². The predicted molar refractivity (Wildman–Crippen MR) is 86.0 cm³/mol. The minimum Gasteiger partial charge on any atom is -0.481 e. The quantitative estimate of drug-likeness (QED) is 0.646. The monoisotopic (exact) mass is 364 g/mol. The molecule has 0 fully saturated rings. The van der Waals surface area contributed by atoms with Crippen molar-refractivity contribution in [3.63, 3.8) is 0 Å². The Hall–Kier alpha value is -2.41. The molecule has 0 spiro atoms. The molecule has 0 aliphatic heterocycles. The fourth-order valence-corrected chi connectivity index (χ4v) is 2.09. The van der Waals surface area contributed by atoms with Crippen molar-refractivity contribution in [2.45, 2.75) is 13.0 Å². The van der Waals surface area contributed by atoms with E-state index in [0.717, 1.165) is 4.47 Å². The molecule has 22 heavy (non-hydrogen) atoms. The molecule has 0 aliphatic rings. The molecule has 1 atom stereocenters. The van der Waals surface area contributed by atoms with Crippen LogP contribution in [0.25, 0.3) is 0 Å². The number of nitro benzene ring substituents is 1. The average molecular weight is 365 g/mol. The molecule has 2 rings (SSSR count). The lowest BCUT2D eigenvalue weighted by Crippen LogP contribution is -2.30. The maximum absolute atomic E-state index is 12.0. The number of benzene rings is 2. The van der Waals surface area contributed by atoms with E-state index in [-0.39, 0.29) is 11.6 Å². The molecule has 114 valence electrons. The van der Waals surface area contributed by atoms with Crippen molar-refractivity contribution < 1.29 is 14.5 Å². The molecule has 0 aliphatic carbocycles. The van der Waals surface area contributed by atoms with Gasteiger partial charge in [-0.1, -0.05) is 22.0 Å². The number of nitro groups is 1. The van der Waals surface area contributed by atoms with Gasteiger partial charge in [0.1, 0.15) is 5.75 Å². The van der Waals surface area contributed by atoms with Gasteiger partial charge in [0, 0.05) is 22.3 Å². The van der Waals surface area contributed by atoms with Crippen LogP contribution >= 0.6 is 15.9 Å². The summed E-state index contributed by atoms with van der Waals surface area (Å²) in [5.41, 5.74) is 0.441. The highest BCUT2D eigenvalue weighted by Gasteiger charge is 2.15. The first-order valence-electron chi connectivity index (χ1n) is 6.43. The molecule has 0 aromatic heterocycles. The average Bonchev–Trinajstić information content (AvgIpc) is 2.47. The molecular formula is C15H13BrN2O4. The summed E-state index contributed by atoms with van der Waals surface area (Å²) in [6.07, 6.45) is -0.704. The molecule has 0 saturated heterocycles. The Bertz CT molecular complexity index is 688. The Morgan fingerprint density at radius 3 is 2.55 bits per heavy atom. The van der Waals surface area contributed by atoms with Gasteiger partial charge >= 0.3 is 0 Å². The van der Waals surface area contributed by atoms with E-state index < -0.39 is 11.0 Å². The number of hydrogen-bond donors (Lipinski definition) is 1. The lowest BCUT2D eigenvalue weighted by Gasteiger charge is -2.14. The second kappa shape index (κ2) is 7.04. The highest BCUT2D eigenvalue weighted by atomic mass is 79.9. The van der Waals surface area contributed by atoms with Gasteiger partial charge in [0.15, 0.2) is 6.10 Å². The fourth-order valence-electron chi connectivity index (χ4n) is 1.71. The van der Waals surface area contributed by atoms with Crippen LogP contribution in [0.5, 0.6) is 5.75 Å². The zero-order valence-electron chi connectivity index (χ0n) is 11.7. The second-order valence-electron chi connectivity index (χ2n) is 4.51. The van der Waals surface area contributed by atoms with Crippen LogP contribution in [0.15, 0.2) is 53.0 Å². The van der Waals surface area contributed by atoms with Crippen LogP contribution in [0.2, 0.25) is 0 Å². The van der Waals surface area contributed by atoms with Crippen LogP contribution in [-0.4, -0.2) is 16.9 Å². The number of non-ortho nitro benzene ring substituents is 1. The van der Waals surface area contributed by atoms with Crippen molar-refractivity contribution in [3.05, 3.63) is 63.1 Å². The number of amides is 1. The summed E-state index contributed by atoms with van der Waals surface area (Å²) in [5, 5.41) is 13.2. The maximum Gasteiger partial charge on any atom is 0.269 e. The number of nitrogens with zero attached hydrogens (tertiary/aromatic N) is 1. The summed E-state index contributed by atoms with van der Waals surface area (Å²) >= 11 is 3.33. The van der Waals surface area contributed by atoms with E-state index >= 15 is 0 Å². The summed E-state index contributed by atoms with van der Waals surface area (Å²) in [5.74, 6) is 0.231. The van der Waals surface area contributed by atoms with E-state index in [9.17, 15) is 14.9 Å². The van der Waals surface area contributed by atoms with Crippen LogP contribution in [0.3, 0.4) is 0 Å². The van der Waals surface area contributed by atoms with Crippen molar-refractivity contribution in [3.8, 4) is 5.75 Å². The van der Waals surface area contributed by atoms with Crippen LogP contribution in [0.1, 0.15) is 6.92 Å². The Morgan fingerprint density at radius 2 is 1.95 bits per heavy atom. The number of hydrogen-bond acceptors (Lipinski definition) is 4. The number of nitrogens with one attached hydrogen (secondary N) is 1. The largest absolute Gasteiger partial charge is 0.481 e. The summed E-state index contributed by atoms with van der Waals surface area (Å²) in [6.45, 7) is 1.63. The van der Waals surface area contributed by atoms with Gasteiger partial charge in [0.05, 0.1) is 4.92 Å². The van der Waals surface area contributed by atoms with E-state index in [0.29, 0.717) is 11.4 Å². The molecule has 2 aromatic rings. The molecule has 6 nitrogen and oxygen atoms in total. The molecule has 2 aromatic carbocycles. The van der Waals surface area contributed by atoms with Crippen molar-refractivity contribution in [1.29, 1.82) is 0 Å². The Labute approximate surface area is 135 Å². The molecule has 1 N–H and O–H groups in total. The molecular weight excluding hydrogens is 352 g/mol. The van der Waals surface area contributed by atoms with E-state index in [1.807, 2.05) is 6.07 Å². The van der Waals surface area contributed by atoms with E-state index in [2.05, 4.69) is 21.2 Å². The van der Waals surface area contributed by atoms with Crippen LogP contribution < -0.4 is 10.1 Å². The normalized spacial score (nSPS) is 11.5. The molecule has 0 bridgehead atoms. The van der Waals surface area contributed by atoms with Gasteiger partial charge in [0.25, 0.3) is 11.6 Å². The number of rotatable bonds is 5. The molecule has 0 unspecified atom stereocenters. The minimum absolute atomic E-state index is 0.0311. The lowest BCUT2D eigenvalue weighted by atomic mass is 10.2. The fraction of sp³-hybridized carbons (Fsp3) is 0.133. The Balaban J connectivity index is 1.97. The SMILES string of the molecule is C[C@@H](Oc1cccc(Br)c1)C(=O)Nc1ccc([N+](=O)[O-])cc1. The van der Waals surface area contributed by atoms with Gasteiger partial charge in [-0.2, -0.15) is 0 Å². The molecule has 0 heterocycles. The van der Waals surface area contributed by atoms with Crippen LogP contribution in [0.4, 0.5) is 11.4 Å². The Morgan fingerprint density at radius 1 is 1.27 bits per heavy atom. The first-order valence-corrected chi connectivity index (χ1v) is 7.22. The van der Waals surface area contributed by atoms with E-state index in [4.69, 9.17) is 4.74 Å². The summed E-state index contributed by atoms with van der Waals surface area (Å²) in [7, 11) is 0. The topological polar surface area (TPSA) is 81.5 Å². The highest BCUT2D eigenvalue weighted by Crippen LogP contribution is 2.20. The highest BCUT2D eigenvalue weighted by molar-refractivity contribution is 9.10. The van der Waals surface area contributed by atoms with Gasteiger partial charge in [0.2, 0.25) is 0 Å². The number of anilines is 1. The standard InChI is InChI=1S/C15H13BrN2O4/c1-10(22-14-4-2-3-11(16)9-14)15(19)17-12-5-7-13(8-6-12)18(20)21/h2-10H,1H3,(H,17,19)/t10-/m1/s1. The zero-order valence-corrected chi connectivity index (χ0v) is 13.2. The lowest BCUT2D eigenvalue weighted by molar-refractivity contribution is -0.384. The Kier molecular flexibility index (Phi) is 5.11. The second-order valence-corrected chi connectivity index (χ2v) is 5.43. The van der Waals surface area contributed by atoms with Crippen molar-refractivity contribution >= 4 is 33.2 Å². The first kappa shape index (κ1) is 16.0. The number of ether oxygens (including phenoxy) is 1. The minimum atomic E-state index is -0.704. The third-order valence-electron chi connectivity index (χ3n) is 2.82. The molecule has 0 saturated carbocycles. The zero-order chi connectivity index (χ0) is 16.1. The number of halogens is 1. The number of carbonyl (C=O) groups excluding carboxylic acids is 1. The third kappa shape index (κ3) is 4.29. The van der Waals surface area contributed by atoms with Crippen molar-refractivity contribution in [1.82, 2.24) is 0 Å². The van der Waals surface area contributed by atoms with Gasteiger partial charge in [-0.25, -0.2) is 0 Å². The number of carbonyl (C=O) groups is 1. The van der Waals surface area contributed by atoms with Crippen molar-refractivity contribution in [2.24, 2.45) is 0 Å². The molecule has 0 radical (unpaired) electrons. The summed E-state index contributed by atoms with van der Waals surface area (Å²) in [6, 6.07) is 12.8. The first-order chi connectivity index (χ1) is 10.5. The molecule has 7 heteroatoms. The van der Waals surface area contributed by atoms with Gasteiger partial charge in [-0.15, -0.1) is 0 Å². The van der Waals surface area contributed by atoms with E-state index in [1.165, 1.54) is 24.3 Å². The van der Waals surface area contributed by atoms with Crippen LogP contribution in [-0.2, 0) is 4.79 Å². The molecule has 1 amide bonds. The van der Waals surface area contributed by atoms with E-state index in [1.54, 1.807) is 25.1 Å². The van der Waals surface area contributed by atoms with Crippen LogP contribution in [0, 0.1) is 10.1 Å². The third-order valence-corrected chi connectivity index (χ3v) is 3.32. The summed E-state index contributed by atoms with van der Waals surface area (Å²) in [4.78, 5) is 22.1. The van der Waals surface area contributed by atoms with Gasteiger partial charge in [-0.05, 0) is 37.3 Å². The van der Waals surface area contributed by atoms with Gasteiger partial charge < -0.3 is 10.1 Å². The predicted octanol–water partition coefficient (Wildman–Crippen LogP) is 3.76. The van der Waals surface area contributed by atoms with Crippen molar-refractivity contribution in [2.75, 3.05) is 5.32 Å². The summed E-state index contributed by atoms with van der Waals surface area (Å²) < 4.78 is 6.40. The maximum atomic E-state index is 12.0. The smallest absolute Gasteiger partial charge is 0.269 e.